The second-order valence-corrected chi connectivity index (χ2v) is 2.45. The van der Waals surface area contributed by atoms with Crippen molar-refractivity contribution in [2.24, 2.45) is 5.73 Å². The maximum atomic E-state index is 5.43. The third-order valence-corrected chi connectivity index (χ3v) is 1.60. The Kier molecular flexibility index (Phi) is 1.97. The fraction of sp³-hybridized carbons (Fsp3) is 0.143. The smallest absolute Gasteiger partial charge is 0.176 e. The Hall–Kier alpha value is -1.82. The summed E-state index contributed by atoms with van der Waals surface area (Å²) in [6.07, 6.45) is 3.05. The molecule has 2 heterocycles. The first-order valence-corrected chi connectivity index (χ1v) is 3.78. The molecule has 0 amide bonds. The topological polar surface area (TPSA) is 82.5 Å². The zero-order chi connectivity index (χ0) is 9.10. The lowest BCUT2D eigenvalue weighted by molar-refractivity contribution is 0.699. The molecule has 0 saturated carbocycles. The predicted molar refractivity (Wildman–Crippen MR) is 44.8 cm³/mol. The summed E-state index contributed by atoms with van der Waals surface area (Å²) in [6, 6.07) is 3.68. The van der Waals surface area contributed by atoms with Crippen molar-refractivity contribution in [3.8, 4) is 5.82 Å². The highest BCUT2D eigenvalue weighted by molar-refractivity contribution is 5.22. The van der Waals surface area contributed by atoms with Crippen molar-refractivity contribution in [1.82, 2.24) is 25.2 Å². The maximum absolute atomic E-state index is 5.43. The lowest BCUT2D eigenvalue weighted by Gasteiger charge is -1.98. The molecule has 13 heavy (non-hydrogen) atoms. The quantitative estimate of drug-likeness (QED) is 0.668. The number of hydrogen-bond donors (Lipinski definition) is 1. The number of rotatable bonds is 2. The number of tetrazole rings is 1. The van der Waals surface area contributed by atoms with Crippen LogP contribution < -0.4 is 5.73 Å². The number of hydrogen-bond acceptors (Lipinski definition) is 5. The lowest BCUT2D eigenvalue weighted by atomic mass is 10.3. The Bertz CT molecular complexity index is 364. The molecular weight excluding hydrogens is 168 g/mol. The summed E-state index contributed by atoms with van der Waals surface area (Å²) in [6.45, 7) is 0.484. The maximum Gasteiger partial charge on any atom is 0.176 e. The fourth-order valence-corrected chi connectivity index (χ4v) is 0.928. The van der Waals surface area contributed by atoms with Crippen LogP contribution in [0, 0.1) is 0 Å². The molecule has 0 unspecified atom stereocenters. The average Bonchev–Trinajstić information content (AvgIpc) is 2.71. The first-order valence-electron chi connectivity index (χ1n) is 3.78. The third kappa shape index (κ3) is 1.52. The van der Waals surface area contributed by atoms with Gasteiger partial charge in [-0.2, -0.15) is 0 Å². The Morgan fingerprint density at radius 3 is 2.85 bits per heavy atom. The molecule has 0 bridgehead atoms. The van der Waals surface area contributed by atoms with Gasteiger partial charge in [-0.1, -0.05) is 6.07 Å². The summed E-state index contributed by atoms with van der Waals surface area (Å²) < 4.78 is 0. The van der Waals surface area contributed by atoms with Crippen LogP contribution in [0.2, 0.25) is 0 Å². The molecule has 2 rings (SSSR count). The minimum Gasteiger partial charge on any atom is -0.326 e. The predicted octanol–water partition coefficient (Wildman–Crippen LogP) is -0.484. The van der Waals surface area contributed by atoms with Crippen LogP contribution >= 0.6 is 0 Å². The van der Waals surface area contributed by atoms with E-state index in [0.29, 0.717) is 12.4 Å². The summed E-state index contributed by atoms with van der Waals surface area (Å²) in [4.78, 5) is 5.46. The number of pyridine rings is 1. The van der Waals surface area contributed by atoms with Crippen LogP contribution in [0.5, 0.6) is 0 Å². The van der Waals surface area contributed by atoms with Gasteiger partial charge in [0.05, 0.1) is 0 Å². The monoisotopic (exact) mass is 176 g/mol. The minimum atomic E-state index is 0.484. The lowest BCUT2D eigenvalue weighted by Crippen LogP contribution is -2.03. The normalized spacial score (nSPS) is 10.2. The van der Waals surface area contributed by atoms with Crippen molar-refractivity contribution in [2.45, 2.75) is 6.54 Å². The van der Waals surface area contributed by atoms with Crippen molar-refractivity contribution >= 4 is 0 Å². The van der Waals surface area contributed by atoms with Crippen molar-refractivity contribution in [1.29, 1.82) is 0 Å². The molecule has 6 nitrogen and oxygen atoms in total. The molecule has 0 saturated heterocycles. The van der Waals surface area contributed by atoms with Crippen LogP contribution in [0.3, 0.4) is 0 Å². The molecule has 0 aromatic carbocycles. The van der Waals surface area contributed by atoms with E-state index in [-0.39, 0.29) is 0 Å². The van der Waals surface area contributed by atoms with Gasteiger partial charge >= 0.3 is 0 Å². The standard InChI is InChI=1S/C7H8N6/c8-3-6-1-2-7(9-4-6)13-11-5-10-12-13/h1-2,4-5H,3,8H2. The molecule has 0 radical (unpaired) electrons. The van der Waals surface area contributed by atoms with Gasteiger partial charge in [-0.05, 0) is 16.8 Å². The van der Waals surface area contributed by atoms with E-state index in [1.165, 1.54) is 11.1 Å². The van der Waals surface area contributed by atoms with E-state index in [9.17, 15) is 0 Å². The molecule has 2 N–H and O–H groups in total. The summed E-state index contributed by atoms with van der Waals surface area (Å²) in [7, 11) is 0. The number of aromatic nitrogens is 5. The Labute approximate surface area is 74.4 Å². The van der Waals surface area contributed by atoms with Crippen LogP contribution in [0.25, 0.3) is 5.82 Å². The highest BCUT2D eigenvalue weighted by Gasteiger charge is 1.98. The molecule has 0 atom stereocenters. The molecule has 2 aromatic heterocycles. The average molecular weight is 176 g/mol. The van der Waals surface area contributed by atoms with Gasteiger partial charge in [0.2, 0.25) is 0 Å². The summed E-state index contributed by atoms with van der Waals surface area (Å²) in [5.74, 6) is 0.634. The number of nitrogens with two attached hydrogens (primary N) is 1. The van der Waals surface area contributed by atoms with Crippen molar-refractivity contribution in [3.05, 3.63) is 30.2 Å². The highest BCUT2D eigenvalue weighted by atomic mass is 15.6. The van der Waals surface area contributed by atoms with Gasteiger partial charge in [-0.25, -0.2) is 4.98 Å². The van der Waals surface area contributed by atoms with E-state index in [2.05, 4.69) is 20.4 Å². The molecule has 0 aliphatic heterocycles. The fourth-order valence-electron chi connectivity index (χ4n) is 0.928. The van der Waals surface area contributed by atoms with Gasteiger partial charge in [0.1, 0.15) is 0 Å². The molecule has 6 heteroatoms. The molecule has 2 aromatic rings. The molecule has 66 valence electrons. The van der Waals surface area contributed by atoms with Gasteiger partial charge in [-0.15, -0.1) is 15.0 Å². The van der Waals surface area contributed by atoms with E-state index in [4.69, 9.17) is 5.73 Å². The Balaban J connectivity index is 2.33. The second-order valence-electron chi connectivity index (χ2n) is 2.45. The first kappa shape index (κ1) is 7.81. The molecule has 0 fully saturated rings. The van der Waals surface area contributed by atoms with Gasteiger partial charge in [0, 0.05) is 12.7 Å². The highest BCUT2D eigenvalue weighted by Crippen LogP contribution is 2.01. The molecular formula is C7H8N6. The van der Waals surface area contributed by atoms with E-state index < -0.39 is 0 Å². The van der Waals surface area contributed by atoms with E-state index in [0.717, 1.165) is 5.56 Å². The van der Waals surface area contributed by atoms with Gasteiger partial charge in [-0.3, -0.25) is 0 Å². The third-order valence-electron chi connectivity index (χ3n) is 1.60. The van der Waals surface area contributed by atoms with Crippen LogP contribution in [-0.4, -0.2) is 25.2 Å². The molecule has 0 aliphatic carbocycles. The summed E-state index contributed by atoms with van der Waals surface area (Å²) >= 11 is 0. The van der Waals surface area contributed by atoms with E-state index in [1.54, 1.807) is 12.3 Å². The Morgan fingerprint density at radius 2 is 2.31 bits per heavy atom. The van der Waals surface area contributed by atoms with Crippen molar-refractivity contribution in [3.63, 3.8) is 0 Å². The zero-order valence-electron chi connectivity index (χ0n) is 6.83. The van der Waals surface area contributed by atoms with Crippen LogP contribution in [0.1, 0.15) is 5.56 Å². The summed E-state index contributed by atoms with van der Waals surface area (Å²) in [5.41, 5.74) is 6.40. The minimum absolute atomic E-state index is 0.484. The number of nitrogens with zero attached hydrogens (tertiary/aromatic N) is 5. The van der Waals surface area contributed by atoms with E-state index in [1.807, 2.05) is 6.07 Å². The van der Waals surface area contributed by atoms with Gasteiger partial charge in [0.25, 0.3) is 0 Å². The van der Waals surface area contributed by atoms with Gasteiger partial charge in [0.15, 0.2) is 12.1 Å². The SMILES string of the molecule is NCc1ccc(-n2ncnn2)nc1. The van der Waals surface area contributed by atoms with Gasteiger partial charge < -0.3 is 5.73 Å². The molecule has 0 spiro atoms. The van der Waals surface area contributed by atoms with Crippen molar-refractivity contribution in [2.75, 3.05) is 0 Å². The zero-order valence-corrected chi connectivity index (χ0v) is 6.83. The van der Waals surface area contributed by atoms with Crippen LogP contribution in [0.4, 0.5) is 0 Å². The van der Waals surface area contributed by atoms with Crippen molar-refractivity contribution < 1.29 is 0 Å². The first-order chi connectivity index (χ1) is 6.40. The Morgan fingerprint density at radius 1 is 1.38 bits per heavy atom. The second kappa shape index (κ2) is 3.28. The van der Waals surface area contributed by atoms with Crippen LogP contribution in [0.15, 0.2) is 24.7 Å². The molecule has 0 aliphatic rings. The van der Waals surface area contributed by atoms with E-state index >= 15 is 0 Å². The van der Waals surface area contributed by atoms with Crippen LogP contribution in [-0.2, 0) is 6.54 Å². The largest absolute Gasteiger partial charge is 0.326 e. The summed E-state index contributed by atoms with van der Waals surface area (Å²) in [5, 5.41) is 11.1.